The van der Waals surface area contributed by atoms with Crippen molar-refractivity contribution in [3.05, 3.63) is 0 Å². The summed E-state index contributed by atoms with van der Waals surface area (Å²) >= 11 is 0. The van der Waals surface area contributed by atoms with Gasteiger partial charge >= 0.3 is 5.97 Å². The second kappa shape index (κ2) is 10.3. The maximum Gasteiger partial charge on any atom is 0.323 e. The number of ether oxygens (including phenoxy) is 2. The summed E-state index contributed by atoms with van der Waals surface area (Å²) in [5.74, 6) is -0.768. The molecule has 0 aliphatic carbocycles. The Morgan fingerprint density at radius 2 is 2.00 bits per heavy atom. The number of methoxy groups -OCH3 is 1. The summed E-state index contributed by atoms with van der Waals surface area (Å²) in [7, 11) is 1.63. The van der Waals surface area contributed by atoms with Crippen LogP contribution in [0.5, 0.6) is 0 Å². The molecule has 0 aromatic heterocycles. The topological polar surface area (TPSA) is 67.8 Å². The molecule has 0 radical (unpaired) electrons. The number of nitrogens with one attached hydrogen (secondary N) is 1. The highest BCUT2D eigenvalue weighted by Crippen LogP contribution is 2.18. The van der Waals surface area contributed by atoms with Crippen LogP contribution in [0.3, 0.4) is 0 Å². The van der Waals surface area contributed by atoms with Crippen LogP contribution in [0.2, 0.25) is 0 Å². The van der Waals surface area contributed by atoms with Gasteiger partial charge in [-0.1, -0.05) is 13.8 Å². The van der Waals surface area contributed by atoms with E-state index in [0.717, 1.165) is 19.4 Å². The Morgan fingerprint density at radius 1 is 1.28 bits per heavy atom. The summed E-state index contributed by atoms with van der Waals surface area (Å²) in [5.41, 5.74) is -0.805. The van der Waals surface area contributed by atoms with Crippen molar-refractivity contribution in [3.8, 4) is 0 Å². The maximum absolute atomic E-state index is 11.4. The van der Waals surface area contributed by atoms with Crippen LogP contribution in [0.4, 0.5) is 0 Å². The highest BCUT2D eigenvalue weighted by molar-refractivity contribution is 5.78. The molecule has 0 aromatic rings. The van der Waals surface area contributed by atoms with Crippen LogP contribution in [0, 0.1) is 0 Å². The van der Waals surface area contributed by atoms with E-state index >= 15 is 0 Å². The molecule has 2 N–H and O–H groups in total. The number of rotatable bonds is 12. The summed E-state index contributed by atoms with van der Waals surface area (Å²) in [5, 5.41) is 12.5. The molecule has 0 amide bonds. The molecule has 108 valence electrons. The second-order valence-corrected chi connectivity index (χ2v) is 4.38. The predicted molar refractivity (Wildman–Crippen MR) is 70.9 cm³/mol. The molecule has 0 aromatic carbocycles. The van der Waals surface area contributed by atoms with Crippen molar-refractivity contribution >= 4 is 5.97 Å². The van der Waals surface area contributed by atoms with Crippen LogP contribution in [-0.4, -0.2) is 50.1 Å². The lowest BCUT2D eigenvalue weighted by molar-refractivity contribution is -0.145. The van der Waals surface area contributed by atoms with Gasteiger partial charge in [0.2, 0.25) is 0 Å². The average Bonchev–Trinajstić information content (AvgIpc) is 2.37. The van der Waals surface area contributed by atoms with E-state index in [2.05, 4.69) is 5.32 Å². The van der Waals surface area contributed by atoms with E-state index in [9.17, 15) is 9.90 Å². The number of aliphatic carboxylic acids is 1. The van der Waals surface area contributed by atoms with Crippen LogP contribution < -0.4 is 5.32 Å². The highest BCUT2D eigenvalue weighted by atomic mass is 16.5. The third-order valence-electron chi connectivity index (χ3n) is 3.05. The summed E-state index contributed by atoms with van der Waals surface area (Å²) in [6.07, 6.45) is 2.84. The van der Waals surface area contributed by atoms with E-state index in [4.69, 9.17) is 9.47 Å². The number of carboxylic acids is 1. The average molecular weight is 261 g/mol. The fourth-order valence-corrected chi connectivity index (χ4v) is 1.81. The molecule has 0 spiro atoms. The lowest BCUT2D eigenvalue weighted by atomic mass is 9.90. The zero-order valence-electron chi connectivity index (χ0n) is 11.8. The van der Waals surface area contributed by atoms with Crippen molar-refractivity contribution in [1.29, 1.82) is 0 Å². The van der Waals surface area contributed by atoms with Gasteiger partial charge in [-0.15, -0.1) is 0 Å². The van der Waals surface area contributed by atoms with Gasteiger partial charge in [-0.05, 0) is 32.2 Å². The summed E-state index contributed by atoms with van der Waals surface area (Å²) < 4.78 is 10.2. The van der Waals surface area contributed by atoms with E-state index in [1.807, 2.05) is 13.8 Å². The Balaban J connectivity index is 4.04. The maximum atomic E-state index is 11.4. The summed E-state index contributed by atoms with van der Waals surface area (Å²) in [6.45, 7) is 6.37. The van der Waals surface area contributed by atoms with E-state index in [0.29, 0.717) is 32.7 Å². The number of hydrogen-bond donors (Lipinski definition) is 2. The molecule has 0 aliphatic heterocycles. The first-order valence-electron chi connectivity index (χ1n) is 6.68. The SMILES string of the molecule is CCCNC(CC)(CCCOCCOC)C(=O)O. The van der Waals surface area contributed by atoms with Crippen molar-refractivity contribution in [1.82, 2.24) is 5.32 Å². The molecule has 0 heterocycles. The first-order chi connectivity index (χ1) is 8.63. The van der Waals surface area contributed by atoms with Crippen LogP contribution in [0.1, 0.15) is 39.5 Å². The lowest BCUT2D eigenvalue weighted by Gasteiger charge is -2.29. The van der Waals surface area contributed by atoms with E-state index in [1.54, 1.807) is 7.11 Å². The number of carbonyl (C=O) groups is 1. The van der Waals surface area contributed by atoms with Gasteiger partial charge in [0, 0.05) is 13.7 Å². The van der Waals surface area contributed by atoms with Gasteiger partial charge in [-0.2, -0.15) is 0 Å². The first-order valence-corrected chi connectivity index (χ1v) is 6.68. The normalized spacial score (nSPS) is 14.4. The minimum absolute atomic E-state index is 0.561. The molecule has 18 heavy (non-hydrogen) atoms. The number of hydrogen-bond acceptors (Lipinski definition) is 4. The van der Waals surface area contributed by atoms with Gasteiger partial charge in [-0.25, -0.2) is 0 Å². The minimum atomic E-state index is -0.805. The first kappa shape index (κ1) is 17.4. The fourth-order valence-electron chi connectivity index (χ4n) is 1.81. The van der Waals surface area contributed by atoms with E-state index in [-0.39, 0.29) is 0 Å². The van der Waals surface area contributed by atoms with Crippen molar-refractivity contribution in [2.24, 2.45) is 0 Å². The molecule has 1 unspecified atom stereocenters. The molecule has 5 heteroatoms. The quantitative estimate of drug-likeness (QED) is 0.523. The summed E-state index contributed by atoms with van der Waals surface area (Å²) in [4.78, 5) is 11.4. The lowest BCUT2D eigenvalue weighted by Crippen LogP contribution is -2.52. The zero-order chi connectivity index (χ0) is 13.9. The molecular weight excluding hydrogens is 234 g/mol. The van der Waals surface area contributed by atoms with Crippen molar-refractivity contribution in [3.63, 3.8) is 0 Å². The molecule has 0 bridgehead atoms. The molecule has 0 rings (SSSR count). The van der Waals surface area contributed by atoms with Crippen molar-refractivity contribution in [2.45, 2.75) is 45.1 Å². The van der Waals surface area contributed by atoms with Gasteiger partial charge < -0.3 is 19.9 Å². The Bertz CT molecular complexity index is 223. The van der Waals surface area contributed by atoms with Gasteiger partial charge in [0.05, 0.1) is 13.2 Å². The van der Waals surface area contributed by atoms with Gasteiger partial charge in [0.1, 0.15) is 5.54 Å². The van der Waals surface area contributed by atoms with Crippen molar-refractivity contribution in [2.75, 3.05) is 33.5 Å². The molecule has 1 atom stereocenters. The minimum Gasteiger partial charge on any atom is -0.480 e. The Hall–Kier alpha value is -0.650. The smallest absolute Gasteiger partial charge is 0.323 e. The third kappa shape index (κ3) is 6.33. The van der Waals surface area contributed by atoms with Crippen LogP contribution in [0.25, 0.3) is 0 Å². The van der Waals surface area contributed by atoms with Crippen LogP contribution >= 0.6 is 0 Å². The van der Waals surface area contributed by atoms with E-state index in [1.165, 1.54) is 0 Å². The van der Waals surface area contributed by atoms with Gasteiger partial charge in [0.15, 0.2) is 0 Å². The standard InChI is InChI=1S/C13H27NO4/c1-4-8-14-13(5-2,12(15)16)7-6-9-18-11-10-17-3/h14H,4-11H2,1-3H3,(H,15,16). The molecule has 0 aliphatic rings. The van der Waals surface area contributed by atoms with Gasteiger partial charge in [-0.3, -0.25) is 4.79 Å². The third-order valence-corrected chi connectivity index (χ3v) is 3.05. The highest BCUT2D eigenvalue weighted by Gasteiger charge is 2.35. The van der Waals surface area contributed by atoms with Crippen LogP contribution in [0.15, 0.2) is 0 Å². The molecule has 0 fully saturated rings. The van der Waals surface area contributed by atoms with E-state index < -0.39 is 11.5 Å². The summed E-state index contributed by atoms with van der Waals surface area (Å²) in [6, 6.07) is 0. The molecular formula is C13H27NO4. The van der Waals surface area contributed by atoms with Gasteiger partial charge in [0.25, 0.3) is 0 Å². The predicted octanol–water partition coefficient (Wildman–Crippen LogP) is 1.66. The fraction of sp³-hybridized carbons (Fsp3) is 0.923. The largest absolute Gasteiger partial charge is 0.480 e. The van der Waals surface area contributed by atoms with Crippen molar-refractivity contribution < 1.29 is 19.4 Å². The molecule has 0 saturated carbocycles. The Kier molecular flexibility index (Phi) is 9.92. The Labute approximate surface area is 110 Å². The molecule has 0 saturated heterocycles. The zero-order valence-corrected chi connectivity index (χ0v) is 11.8. The molecule has 5 nitrogen and oxygen atoms in total. The number of carboxylic acid groups (broad SMARTS) is 1. The Morgan fingerprint density at radius 3 is 2.50 bits per heavy atom. The monoisotopic (exact) mass is 261 g/mol. The van der Waals surface area contributed by atoms with Crippen LogP contribution in [-0.2, 0) is 14.3 Å². The second-order valence-electron chi connectivity index (χ2n) is 4.38.